The first-order valence-electron chi connectivity index (χ1n) is 6.07. The van der Waals surface area contributed by atoms with Crippen molar-refractivity contribution in [3.8, 4) is 0 Å². The Morgan fingerprint density at radius 3 is 2.70 bits per heavy atom. The van der Waals surface area contributed by atoms with Gasteiger partial charge >= 0.3 is 0 Å². The molecule has 6 heteroatoms. The first-order chi connectivity index (χ1) is 9.76. The van der Waals surface area contributed by atoms with E-state index in [0.29, 0.717) is 17.0 Å². The summed E-state index contributed by atoms with van der Waals surface area (Å²) >= 11 is 0. The lowest BCUT2D eigenvalue weighted by Crippen LogP contribution is -2.10. The molecule has 0 spiro atoms. The van der Waals surface area contributed by atoms with E-state index in [-0.39, 0.29) is 18.2 Å². The maximum Gasteiger partial charge on any atom is 0.291 e. The molecular formula is C14H12N4O2. The van der Waals surface area contributed by atoms with Crippen LogP contribution in [-0.2, 0) is 6.54 Å². The van der Waals surface area contributed by atoms with E-state index < -0.39 is 0 Å². The molecule has 0 fully saturated rings. The van der Waals surface area contributed by atoms with Crippen molar-refractivity contribution in [1.82, 2.24) is 9.97 Å². The lowest BCUT2D eigenvalue weighted by Gasteiger charge is -2.04. The lowest BCUT2D eigenvalue weighted by atomic mass is 10.2. The van der Waals surface area contributed by atoms with E-state index in [0.717, 1.165) is 5.52 Å². The van der Waals surface area contributed by atoms with Crippen molar-refractivity contribution in [2.24, 2.45) is 5.73 Å². The molecule has 1 aromatic carbocycles. The minimum atomic E-state index is -0.326. The first kappa shape index (κ1) is 12.3. The summed E-state index contributed by atoms with van der Waals surface area (Å²) in [7, 11) is 0. The Morgan fingerprint density at radius 2 is 1.95 bits per heavy atom. The number of amides is 1. The predicted octanol–water partition coefficient (Wildman–Crippen LogP) is 1.93. The van der Waals surface area contributed by atoms with E-state index >= 15 is 0 Å². The maximum atomic E-state index is 12.0. The Labute approximate surface area is 114 Å². The fourth-order valence-corrected chi connectivity index (χ4v) is 1.84. The molecule has 3 aromatic rings. The van der Waals surface area contributed by atoms with Crippen LogP contribution >= 0.6 is 0 Å². The topological polar surface area (TPSA) is 94.0 Å². The molecule has 3 rings (SSSR count). The zero-order chi connectivity index (χ0) is 13.9. The summed E-state index contributed by atoms with van der Waals surface area (Å²) < 4.78 is 5.29. The number of nitrogens with zero attached hydrogens (tertiary/aromatic N) is 2. The van der Waals surface area contributed by atoms with Crippen molar-refractivity contribution in [3.05, 3.63) is 54.2 Å². The third-order valence-electron chi connectivity index (χ3n) is 2.81. The molecule has 20 heavy (non-hydrogen) atoms. The summed E-state index contributed by atoms with van der Waals surface area (Å²) in [5.74, 6) is 0.470. The minimum absolute atomic E-state index is 0.227. The van der Waals surface area contributed by atoms with Gasteiger partial charge in [-0.1, -0.05) is 0 Å². The molecule has 2 aromatic heterocycles. The Bertz CT molecular complexity index is 766. The maximum absolute atomic E-state index is 12.0. The summed E-state index contributed by atoms with van der Waals surface area (Å²) in [6, 6.07) is 8.60. The van der Waals surface area contributed by atoms with Crippen LogP contribution in [0, 0.1) is 0 Å². The van der Waals surface area contributed by atoms with E-state index in [1.54, 1.807) is 42.7 Å². The van der Waals surface area contributed by atoms with Crippen LogP contribution in [0.15, 0.2) is 47.1 Å². The van der Waals surface area contributed by atoms with Crippen LogP contribution in [0.25, 0.3) is 11.0 Å². The largest absolute Gasteiger partial charge is 0.455 e. The van der Waals surface area contributed by atoms with Crippen molar-refractivity contribution in [3.63, 3.8) is 0 Å². The number of carbonyl (C=O) groups is 1. The van der Waals surface area contributed by atoms with Gasteiger partial charge in [0, 0.05) is 18.1 Å². The summed E-state index contributed by atoms with van der Waals surface area (Å²) in [6.45, 7) is 0.263. The summed E-state index contributed by atoms with van der Waals surface area (Å²) in [5.41, 5.74) is 7.56. The monoisotopic (exact) mass is 268 g/mol. The van der Waals surface area contributed by atoms with Crippen molar-refractivity contribution >= 4 is 22.6 Å². The highest BCUT2D eigenvalue weighted by Gasteiger charge is 2.11. The molecule has 0 atom stereocenters. The number of fused-ring (bicyclic) bond motifs is 1. The molecule has 0 saturated heterocycles. The van der Waals surface area contributed by atoms with Crippen molar-refractivity contribution in [2.45, 2.75) is 6.54 Å². The number of nitrogens with two attached hydrogens (primary N) is 1. The predicted molar refractivity (Wildman–Crippen MR) is 74.1 cm³/mol. The van der Waals surface area contributed by atoms with Gasteiger partial charge in [0.15, 0.2) is 5.76 Å². The van der Waals surface area contributed by atoms with Crippen LogP contribution < -0.4 is 11.1 Å². The Hall–Kier alpha value is -2.73. The fourth-order valence-electron chi connectivity index (χ4n) is 1.84. The second-order valence-corrected chi connectivity index (χ2v) is 4.18. The number of carbonyl (C=O) groups excluding carboxylic acids is 1. The Morgan fingerprint density at radius 1 is 1.15 bits per heavy atom. The molecule has 6 nitrogen and oxygen atoms in total. The van der Waals surface area contributed by atoms with Gasteiger partial charge in [0.2, 0.25) is 0 Å². The van der Waals surface area contributed by atoms with E-state index in [4.69, 9.17) is 10.2 Å². The van der Waals surface area contributed by atoms with Gasteiger partial charge in [-0.25, -0.2) is 0 Å². The summed E-state index contributed by atoms with van der Waals surface area (Å²) in [5, 5.41) is 2.75. The number of aromatic nitrogens is 2. The van der Waals surface area contributed by atoms with E-state index in [2.05, 4.69) is 15.3 Å². The number of hydrogen-bond acceptors (Lipinski definition) is 5. The first-order valence-corrected chi connectivity index (χ1v) is 6.07. The second kappa shape index (κ2) is 5.10. The highest BCUT2D eigenvalue weighted by molar-refractivity contribution is 6.03. The zero-order valence-corrected chi connectivity index (χ0v) is 10.5. The number of furan rings is 1. The average molecular weight is 268 g/mol. The third-order valence-corrected chi connectivity index (χ3v) is 2.81. The van der Waals surface area contributed by atoms with Crippen molar-refractivity contribution in [2.75, 3.05) is 5.32 Å². The summed E-state index contributed by atoms with van der Waals surface area (Å²) in [6.07, 6.45) is 3.23. The Balaban J connectivity index is 1.83. The standard InChI is InChI=1S/C14H12N4O2/c15-8-10-2-4-13(20-10)14(19)18-9-1-3-11-12(7-9)17-6-5-16-11/h1-7H,8,15H2,(H,18,19). The molecule has 100 valence electrons. The van der Waals surface area contributed by atoms with Gasteiger partial charge in [0.25, 0.3) is 5.91 Å². The number of hydrogen-bond donors (Lipinski definition) is 2. The molecule has 2 heterocycles. The van der Waals surface area contributed by atoms with Crippen LogP contribution in [0.4, 0.5) is 5.69 Å². The smallest absolute Gasteiger partial charge is 0.291 e. The number of benzene rings is 1. The van der Waals surface area contributed by atoms with Crippen LogP contribution in [-0.4, -0.2) is 15.9 Å². The summed E-state index contributed by atoms with van der Waals surface area (Å²) in [4.78, 5) is 20.3. The van der Waals surface area contributed by atoms with E-state index in [1.807, 2.05) is 0 Å². The minimum Gasteiger partial charge on any atom is -0.455 e. The molecule has 0 aliphatic carbocycles. The van der Waals surface area contributed by atoms with Gasteiger partial charge in [-0.15, -0.1) is 0 Å². The quantitative estimate of drug-likeness (QED) is 0.757. The molecule has 0 aliphatic rings. The fraction of sp³-hybridized carbons (Fsp3) is 0.0714. The van der Waals surface area contributed by atoms with Gasteiger partial charge in [-0.05, 0) is 30.3 Å². The van der Waals surface area contributed by atoms with Crippen LogP contribution in [0.3, 0.4) is 0 Å². The highest BCUT2D eigenvalue weighted by atomic mass is 16.4. The lowest BCUT2D eigenvalue weighted by molar-refractivity contribution is 0.0995. The van der Waals surface area contributed by atoms with Gasteiger partial charge in [0.1, 0.15) is 5.76 Å². The van der Waals surface area contributed by atoms with E-state index in [1.165, 1.54) is 0 Å². The van der Waals surface area contributed by atoms with Crippen molar-refractivity contribution < 1.29 is 9.21 Å². The number of anilines is 1. The van der Waals surface area contributed by atoms with Crippen molar-refractivity contribution in [1.29, 1.82) is 0 Å². The molecule has 0 radical (unpaired) electrons. The normalized spacial score (nSPS) is 10.7. The Kier molecular flexibility index (Phi) is 3.14. The molecule has 0 saturated carbocycles. The molecule has 1 amide bonds. The van der Waals surface area contributed by atoms with Gasteiger partial charge in [-0.3, -0.25) is 14.8 Å². The molecular weight excluding hydrogens is 256 g/mol. The van der Waals surface area contributed by atoms with E-state index in [9.17, 15) is 4.79 Å². The molecule has 3 N–H and O–H groups in total. The van der Waals surface area contributed by atoms with Gasteiger partial charge < -0.3 is 15.5 Å². The zero-order valence-electron chi connectivity index (χ0n) is 10.5. The molecule has 0 unspecified atom stereocenters. The molecule has 0 bridgehead atoms. The SMILES string of the molecule is NCc1ccc(C(=O)Nc2ccc3nccnc3c2)o1. The third kappa shape index (κ3) is 2.36. The van der Waals surface area contributed by atoms with Crippen LogP contribution in [0.2, 0.25) is 0 Å². The number of nitrogens with one attached hydrogen (secondary N) is 1. The second-order valence-electron chi connectivity index (χ2n) is 4.18. The van der Waals surface area contributed by atoms with Crippen LogP contribution in [0.1, 0.15) is 16.3 Å². The van der Waals surface area contributed by atoms with Gasteiger partial charge in [-0.2, -0.15) is 0 Å². The van der Waals surface area contributed by atoms with Gasteiger partial charge in [0.05, 0.1) is 17.6 Å². The molecule has 0 aliphatic heterocycles. The number of rotatable bonds is 3. The average Bonchev–Trinajstić information content (AvgIpc) is 2.96. The van der Waals surface area contributed by atoms with Crippen LogP contribution in [0.5, 0.6) is 0 Å². The highest BCUT2D eigenvalue weighted by Crippen LogP contribution is 2.16.